The van der Waals surface area contributed by atoms with Gasteiger partial charge in [-0.2, -0.15) is 0 Å². The highest BCUT2D eigenvalue weighted by atomic mass is 16.6. The lowest BCUT2D eigenvalue weighted by Gasteiger charge is -2.11. The average molecular weight is 375 g/mol. The summed E-state index contributed by atoms with van der Waals surface area (Å²) in [6, 6.07) is 8.05. The van der Waals surface area contributed by atoms with Crippen LogP contribution in [0.2, 0.25) is 0 Å². The number of non-ortho nitro benzene ring substituents is 1. The molecular formula is C17H17N3O7. The molecule has 0 aromatic heterocycles. The SMILES string of the molecule is COc1cc(OC)cc(C(=O)NNC(=O)c2cc([N+](=O)[O-])ccc2OC)c1. The van der Waals surface area contributed by atoms with E-state index in [2.05, 4.69) is 10.9 Å². The number of nitro groups is 1. The molecule has 0 radical (unpaired) electrons. The predicted molar refractivity (Wildman–Crippen MR) is 94.1 cm³/mol. The van der Waals surface area contributed by atoms with Crippen molar-refractivity contribution in [3.63, 3.8) is 0 Å². The molecule has 0 unspecified atom stereocenters. The normalized spacial score (nSPS) is 9.89. The first-order valence-corrected chi connectivity index (χ1v) is 7.55. The molecule has 2 aromatic rings. The smallest absolute Gasteiger partial charge is 0.273 e. The monoisotopic (exact) mass is 375 g/mol. The molecule has 0 fully saturated rings. The maximum Gasteiger partial charge on any atom is 0.273 e. The number of carbonyl (C=O) groups excluding carboxylic acids is 2. The number of hydrogen-bond acceptors (Lipinski definition) is 7. The molecule has 0 aliphatic carbocycles. The molecule has 2 rings (SSSR count). The third kappa shape index (κ3) is 4.63. The minimum Gasteiger partial charge on any atom is -0.497 e. The minimum atomic E-state index is -0.779. The zero-order valence-corrected chi connectivity index (χ0v) is 14.8. The van der Waals surface area contributed by atoms with Gasteiger partial charge in [-0.15, -0.1) is 0 Å². The number of ether oxygens (including phenoxy) is 3. The van der Waals surface area contributed by atoms with Crippen LogP contribution in [0.25, 0.3) is 0 Å². The van der Waals surface area contributed by atoms with Crippen LogP contribution in [-0.4, -0.2) is 38.1 Å². The second-order valence-corrected chi connectivity index (χ2v) is 5.15. The van der Waals surface area contributed by atoms with Gasteiger partial charge in [-0.1, -0.05) is 0 Å². The van der Waals surface area contributed by atoms with E-state index < -0.39 is 16.7 Å². The Bertz CT molecular complexity index is 861. The summed E-state index contributed by atoms with van der Waals surface area (Å²) < 4.78 is 15.2. The van der Waals surface area contributed by atoms with Gasteiger partial charge < -0.3 is 14.2 Å². The van der Waals surface area contributed by atoms with Crippen LogP contribution in [0.3, 0.4) is 0 Å². The van der Waals surface area contributed by atoms with Crippen molar-refractivity contribution in [1.82, 2.24) is 10.9 Å². The summed E-state index contributed by atoms with van der Waals surface area (Å²) in [6.07, 6.45) is 0. The van der Waals surface area contributed by atoms with E-state index in [-0.39, 0.29) is 22.6 Å². The molecular weight excluding hydrogens is 358 g/mol. The lowest BCUT2D eigenvalue weighted by Crippen LogP contribution is -2.41. The highest BCUT2D eigenvalue weighted by Crippen LogP contribution is 2.24. The minimum absolute atomic E-state index is 0.102. The summed E-state index contributed by atoms with van der Waals surface area (Å²) in [4.78, 5) is 34.8. The van der Waals surface area contributed by atoms with Gasteiger partial charge in [0.2, 0.25) is 0 Å². The van der Waals surface area contributed by atoms with E-state index in [1.54, 1.807) is 6.07 Å². The lowest BCUT2D eigenvalue weighted by molar-refractivity contribution is -0.384. The number of nitrogens with one attached hydrogen (secondary N) is 2. The van der Waals surface area contributed by atoms with Gasteiger partial charge in [0.25, 0.3) is 17.5 Å². The zero-order valence-electron chi connectivity index (χ0n) is 14.8. The summed E-state index contributed by atoms with van der Waals surface area (Å²) in [5, 5.41) is 10.9. The van der Waals surface area contributed by atoms with Crippen LogP contribution in [0, 0.1) is 10.1 Å². The number of methoxy groups -OCH3 is 3. The van der Waals surface area contributed by atoms with Crippen molar-refractivity contribution in [3.05, 3.63) is 57.6 Å². The molecule has 0 heterocycles. The van der Waals surface area contributed by atoms with Crippen LogP contribution in [0.4, 0.5) is 5.69 Å². The van der Waals surface area contributed by atoms with Gasteiger partial charge in [0, 0.05) is 23.8 Å². The fourth-order valence-electron chi connectivity index (χ4n) is 2.18. The number of carbonyl (C=O) groups is 2. The Hall–Kier alpha value is -3.82. The van der Waals surface area contributed by atoms with Gasteiger partial charge in [-0.05, 0) is 18.2 Å². The molecule has 10 nitrogen and oxygen atoms in total. The average Bonchev–Trinajstić information content (AvgIpc) is 2.70. The fourth-order valence-corrected chi connectivity index (χ4v) is 2.18. The van der Waals surface area contributed by atoms with Crippen LogP contribution >= 0.6 is 0 Å². The summed E-state index contributed by atoms with van der Waals surface area (Å²) in [7, 11) is 4.19. The molecule has 27 heavy (non-hydrogen) atoms. The second kappa shape index (κ2) is 8.52. The molecule has 2 N–H and O–H groups in total. The van der Waals surface area contributed by atoms with Gasteiger partial charge in [0.05, 0.1) is 31.8 Å². The highest BCUT2D eigenvalue weighted by Gasteiger charge is 2.18. The van der Waals surface area contributed by atoms with Crippen molar-refractivity contribution in [2.45, 2.75) is 0 Å². The zero-order chi connectivity index (χ0) is 20.0. The first kappa shape index (κ1) is 19.5. The Kier molecular flexibility index (Phi) is 6.15. The van der Waals surface area contributed by atoms with Gasteiger partial charge in [-0.25, -0.2) is 0 Å². The van der Waals surface area contributed by atoms with E-state index in [0.29, 0.717) is 11.5 Å². The number of hydrogen-bond donors (Lipinski definition) is 2. The Morgan fingerprint density at radius 1 is 0.889 bits per heavy atom. The summed E-state index contributed by atoms with van der Waals surface area (Å²) in [5.74, 6) is -0.503. The summed E-state index contributed by atoms with van der Waals surface area (Å²) in [6.45, 7) is 0. The number of amides is 2. The summed E-state index contributed by atoms with van der Waals surface area (Å²) in [5.41, 5.74) is 4.20. The van der Waals surface area contributed by atoms with E-state index >= 15 is 0 Å². The topological polar surface area (TPSA) is 129 Å². The molecule has 0 spiro atoms. The predicted octanol–water partition coefficient (Wildman–Crippen LogP) is 1.70. The summed E-state index contributed by atoms with van der Waals surface area (Å²) >= 11 is 0. The molecule has 0 aliphatic rings. The first-order chi connectivity index (χ1) is 12.9. The van der Waals surface area contributed by atoms with Crippen molar-refractivity contribution < 1.29 is 28.7 Å². The van der Waals surface area contributed by atoms with Gasteiger partial charge in [-0.3, -0.25) is 30.6 Å². The third-order valence-corrected chi connectivity index (χ3v) is 3.54. The maximum atomic E-state index is 12.3. The fraction of sp³-hybridized carbons (Fsp3) is 0.176. The second-order valence-electron chi connectivity index (χ2n) is 5.15. The maximum absolute atomic E-state index is 12.3. The van der Waals surface area contributed by atoms with Gasteiger partial charge >= 0.3 is 0 Å². The number of rotatable bonds is 6. The van der Waals surface area contributed by atoms with E-state index in [9.17, 15) is 19.7 Å². The van der Waals surface area contributed by atoms with Crippen LogP contribution in [0.5, 0.6) is 17.2 Å². The highest BCUT2D eigenvalue weighted by molar-refractivity contribution is 6.01. The molecule has 2 aromatic carbocycles. The number of benzene rings is 2. The molecule has 0 aliphatic heterocycles. The van der Waals surface area contributed by atoms with Crippen LogP contribution in [0.15, 0.2) is 36.4 Å². The van der Waals surface area contributed by atoms with E-state index in [4.69, 9.17) is 14.2 Å². The molecule has 0 saturated heterocycles. The number of hydrazine groups is 1. The van der Waals surface area contributed by atoms with Crippen LogP contribution in [-0.2, 0) is 0 Å². The molecule has 0 saturated carbocycles. The van der Waals surface area contributed by atoms with Crippen molar-refractivity contribution in [3.8, 4) is 17.2 Å². The quantitative estimate of drug-likeness (QED) is 0.580. The molecule has 0 atom stereocenters. The Morgan fingerprint density at radius 2 is 1.48 bits per heavy atom. The molecule has 2 amide bonds. The van der Waals surface area contributed by atoms with Crippen molar-refractivity contribution >= 4 is 17.5 Å². The first-order valence-electron chi connectivity index (χ1n) is 7.55. The van der Waals surface area contributed by atoms with Gasteiger partial charge in [0.1, 0.15) is 17.2 Å². The molecule has 142 valence electrons. The van der Waals surface area contributed by atoms with Crippen molar-refractivity contribution in [2.24, 2.45) is 0 Å². The Labute approximate surface area is 154 Å². The van der Waals surface area contributed by atoms with Crippen molar-refractivity contribution in [1.29, 1.82) is 0 Å². The third-order valence-electron chi connectivity index (χ3n) is 3.54. The Morgan fingerprint density at radius 3 is 2.00 bits per heavy atom. The molecule has 0 bridgehead atoms. The number of nitro benzene ring substituents is 1. The largest absolute Gasteiger partial charge is 0.497 e. The lowest BCUT2D eigenvalue weighted by atomic mass is 10.1. The van der Waals surface area contributed by atoms with E-state index in [0.717, 1.165) is 6.07 Å². The van der Waals surface area contributed by atoms with Crippen LogP contribution in [0.1, 0.15) is 20.7 Å². The molecule has 10 heteroatoms. The van der Waals surface area contributed by atoms with Gasteiger partial charge in [0.15, 0.2) is 0 Å². The standard InChI is InChI=1S/C17H17N3O7/c1-25-12-6-10(7-13(9-12)26-2)16(21)18-19-17(22)14-8-11(20(23)24)4-5-15(14)27-3/h4-9H,1-3H3,(H,18,21)(H,19,22). The van der Waals surface area contributed by atoms with Crippen molar-refractivity contribution in [2.75, 3.05) is 21.3 Å². The van der Waals surface area contributed by atoms with E-state index in [1.165, 1.54) is 45.6 Å². The Balaban J connectivity index is 2.17. The van der Waals surface area contributed by atoms with E-state index in [1.807, 2.05) is 0 Å². The number of nitrogens with zero attached hydrogens (tertiary/aromatic N) is 1. The van der Waals surface area contributed by atoms with Crippen LogP contribution < -0.4 is 25.1 Å².